The number of hydrogen-bond donors (Lipinski definition) is 0. The van der Waals surface area contributed by atoms with Crippen molar-refractivity contribution >= 4 is 10.0 Å². The van der Waals surface area contributed by atoms with Gasteiger partial charge in [0.25, 0.3) is 0 Å². The van der Waals surface area contributed by atoms with Crippen LogP contribution in [0.5, 0.6) is 0 Å². The molecule has 0 amide bonds. The predicted molar refractivity (Wildman–Crippen MR) is 106 cm³/mol. The molecule has 0 aliphatic carbocycles. The molecule has 27 heavy (non-hydrogen) atoms. The van der Waals surface area contributed by atoms with Gasteiger partial charge in [0.2, 0.25) is 10.0 Å². The average Bonchev–Trinajstić information content (AvgIpc) is 3.13. The third kappa shape index (κ3) is 3.20. The second kappa shape index (κ2) is 7.00. The summed E-state index contributed by atoms with van der Waals surface area (Å²) in [4.78, 5) is 6.96. The lowest BCUT2D eigenvalue weighted by atomic mass is 9.88. The summed E-state index contributed by atoms with van der Waals surface area (Å²) in [5.74, 6) is 0.468. The van der Waals surface area contributed by atoms with Crippen LogP contribution in [0.3, 0.4) is 0 Å². The molecule has 1 atom stereocenters. The molecule has 5 nitrogen and oxygen atoms in total. The molecule has 0 saturated carbocycles. The van der Waals surface area contributed by atoms with E-state index in [2.05, 4.69) is 23.7 Å². The van der Waals surface area contributed by atoms with Gasteiger partial charge in [-0.2, -0.15) is 4.31 Å². The molecular weight excluding hydrogens is 358 g/mol. The maximum atomic E-state index is 13.3. The lowest BCUT2D eigenvalue weighted by Gasteiger charge is -2.34. The Hall–Kier alpha value is -1.76. The summed E-state index contributed by atoms with van der Waals surface area (Å²) in [5, 5.41) is 0. The third-order valence-corrected chi connectivity index (χ3v) is 7.85. The highest BCUT2D eigenvalue weighted by molar-refractivity contribution is 7.89. The molecule has 0 radical (unpaired) electrons. The molecule has 1 fully saturated rings. The van der Waals surface area contributed by atoms with Crippen molar-refractivity contribution in [3.63, 3.8) is 0 Å². The highest BCUT2D eigenvalue weighted by Crippen LogP contribution is 2.49. The minimum atomic E-state index is -3.43. The second-order valence-electron chi connectivity index (χ2n) is 8.10. The van der Waals surface area contributed by atoms with E-state index in [-0.39, 0.29) is 0 Å². The van der Waals surface area contributed by atoms with Crippen LogP contribution < -0.4 is 0 Å². The summed E-state index contributed by atoms with van der Waals surface area (Å²) in [7, 11) is -3.43. The number of likely N-dealkylation sites (tertiary alicyclic amines) is 1. The quantitative estimate of drug-likeness (QED) is 0.793. The van der Waals surface area contributed by atoms with Crippen molar-refractivity contribution in [1.82, 2.24) is 14.2 Å². The van der Waals surface area contributed by atoms with Crippen LogP contribution in [-0.4, -0.2) is 42.2 Å². The van der Waals surface area contributed by atoms with Crippen LogP contribution in [-0.2, 0) is 22.1 Å². The maximum Gasteiger partial charge on any atom is 0.244 e. The maximum absolute atomic E-state index is 13.3. The van der Waals surface area contributed by atoms with Crippen LogP contribution in [0.25, 0.3) is 0 Å². The summed E-state index contributed by atoms with van der Waals surface area (Å²) in [6.07, 6.45) is 5.34. The third-order valence-electron chi connectivity index (χ3n) is 5.83. The van der Waals surface area contributed by atoms with Gasteiger partial charge in [0, 0.05) is 38.6 Å². The Kier molecular flexibility index (Phi) is 4.82. The fourth-order valence-corrected chi connectivity index (χ4v) is 6.52. The van der Waals surface area contributed by atoms with E-state index in [0.717, 1.165) is 38.0 Å². The number of nitrogens with zero attached hydrogens (tertiary/aromatic N) is 3. The molecule has 3 heterocycles. The van der Waals surface area contributed by atoms with Gasteiger partial charge in [0.1, 0.15) is 0 Å². The SMILES string of the molecule is CC(C)CCN1C2(CCN(Cc3ccncc3)C2)c2ccccc2S1(=O)=O. The van der Waals surface area contributed by atoms with Crippen molar-refractivity contribution in [2.24, 2.45) is 5.92 Å². The van der Waals surface area contributed by atoms with E-state index in [1.807, 2.05) is 42.7 Å². The van der Waals surface area contributed by atoms with Crippen LogP contribution in [0.1, 0.15) is 37.8 Å². The van der Waals surface area contributed by atoms with Crippen molar-refractivity contribution < 1.29 is 8.42 Å². The van der Waals surface area contributed by atoms with E-state index in [4.69, 9.17) is 0 Å². The number of aromatic nitrogens is 1. The molecule has 4 rings (SSSR count). The van der Waals surface area contributed by atoms with Crippen molar-refractivity contribution in [2.75, 3.05) is 19.6 Å². The van der Waals surface area contributed by atoms with Crippen molar-refractivity contribution in [2.45, 2.75) is 43.7 Å². The van der Waals surface area contributed by atoms with Crippen LogP contribution >= 0.6 is 0 Å². The number of hydrogen-bond acceptors (Lipinski definition) is 4. The standard InChI is InChI=1S/C21H27N3O2S/c1-17(2)9-13-24-21(19-5-3-4-6-20(19)27(24,25)26)10-14-23(16-21)15-18-7-11-22-12-8-18/h3-8,11-12,17H,9-10,13-16H2,1-2H3. The Bertz CT molecular complexity index is 914. The number of benzene rings is 1. The molecule has 2 aliphatic heterocycles. The Balaban J connectivity index is 1.68. The number of fused-ring (bicyclic) bond motifs is 2. The van der Waals surface area contributed by atoms with Crippen molar-refractivity contribution in [3.05, 3.63) is 59.9 Å². The van der Waals surface area contributed by atoms with Gasteiger partial charge >= 0.3 is 0 Å². The molecule has 2 aliphatic rings. The fourth-order valence-electron chi connectivity index (χ4n) is 4.44. The molecule has 1 saturated heterocycles. The first-order valence-corrected chi connectivity index (χ1v) is 11.1. The lowest BCUT2D eigenvalue weighted by Crippen LogP contribution is -2.46. The molecule has 144 valence electrons. The zero-order valence-corrected chi connectivity index (χ0v) is 16.8. The highest BCUT2D eigenvalue weighted by atomic mass is 32.2. The zero-order chi connectivity index (χ0) is 19.1. The van der Waals surface area contributed by atoms with E-state index in [1.165, 1.54) is 5.56 Å². The average molecular weight is 386 g/mol. The summed E-state index contributed by atoms with van der Waals surface area (Å²) >= 11 is 0. The van der Waals surface area contributed by atoms with Gasteiger partial charge in [-0.25, -0.2) is 8.42 Å². The second-order valence-corrected chi connectivity index (χ2v) is 9.93. The number of rotatable bonds is 5. The molecule has 2 aromatic rings. The molecular formula is C21H27N3O2S. The predicted octanol–water partition coefficient (Wildman–Crippen LogP) is 3.23. The summed E-state index contributed by atoms with van der Waals surface area (Å²) in [5.41, 5.74) is 1.76. The van der Waals surface area contributed by atoms with Crippen LogP contribution in [0.15, 0.2) is 53.7 Å². The minimum Gasteiger partial charge on any atom is -0.297 e. The number of pyridine rings is 1. The summed E-state index contributed by atoms with van der Waals surface area (Å²) in [6.45, 7) is 7.33. The smallest absolute Gasteiger partial charge is 0.244 e. The Labute approximate surface area is 162 Å². The normalized spacial score (nSPS) is 24.7. The Morgan fingerprint density at radius 3 is 2.63 bits per heavy atom. The zero-order valence-electron chi connectivity index (χ0n) is 16.0. The molecule has 1 spiro atoms. The van der Waals surface area contributed by atoms with Gasteiger partial charge < -0.3 is 0 Å². The molecule has 0 N–H and O–H groups in total. The van der Waals surface area contributed by atoms with Gasteiger partial charge in [-0.1, -0.05) is 32.0 Å². The van der Waals surface area contributed by atoms with Gasteiger partial charge in [-0.15, -0.1) is 0 Å². The summed E-state index contributed by atoms with van der Waals surface area (Å²) < 4.78 is 28.4. The largest absolute Gasteiger partial charge is 0.297 e. The van der Waals surface area contributed by atoms with Crippen molar-refractivity contribution in [1.29, 1.82) is 0 Å². The van der Waals surface area contributed by atoms with E-state index in [9.17, 15) is 8.42 Å². The molecule has 6 heteroatoms. The van der Waals surface area contributed by atoms with E-state index in [1.54, 1.807) is 10.4 Å². The minimum absolute atomic E-state index is 0.433. The number of sulfonamides is 1. The van der Waals surface area contributed by atoms with E-state index < -0.39 is 15.6 Å². The highest BCUT2D eigenvalue weighted by Gasteiger charge is 2.56. The Morgan fingerprint density at radius 1 is 1.15 bits per heavy atom. The fraction of sp³-hybridized carbons (Fsp3) is 0.476. The first-order valence-electron chi connectivity index (χ1n) is 9.67. The van der Waals surface area contributed by atoms with Crippen LogP contribution in [0, 0.1) is 5.92 Å². The van der Waals surface area contributed by atoms with Gasteiger partial charge in [0.05, 0.1) is 10.4 Å². The van der Waals surface area contributed by atoms with E-state index in [0.29, 0.717) is 17.4 Å². The van der Waals surface area contributed by atoms with Gasteiger partial charge in [-0.05, 0) is 48.1 Å². The van der Waals surface area contributed by atoms with Crippen LogP contribution in [0.2, 0.25) is 0 Å². The van der Waals surface area contributed by atoms with E-state index >= 15 is 0 Å². The lowest BCUT2D eigenvalue weighted by molar-refractivity contribution is 0.184. The van der Waals surface area contributed by atoms with Crippen LogP contribution in [0.4, 0.5) is 0 Å². The van der Waals surface area contributed by atoms with Gasteiger partial charge in [-0.3, -0.25) is 9.88 Å². The first-order chi connectivity index (χ1) is 12.9. The topological polar surface area (TPSA) is 53.5 Å². The van der Waals surface area contributed by atoms with Crippen molar-refractivity contribution in [3.8, 4) is 0 Å². The monoisotopic (exact) mass is 385 g/mol. The molecule has 0 bridgehead atoms. The molecule has 1 unspecified atom stereocenters. The van der Waals surface area contributed by atoms with Gasteiger partial charge in [0.15, 0.2) is 0 Å². The molecule has 1 aromatic heterocycles. The summed E-state index contributed by atoms with van der Waals surface area (Å²) in [6, 6.07) is 11.6. The Morgan fingerprint density at radius 2 is 1.89 bits per heavy atom. The molecule has 1 aromatic carbocycles. The first kappa shape index (κ1) is 18.6.